The Hall–Kier alpha value is -2.70. The van der Waals surface area contributed by atoms with Crippen LogP contribution in [-0.2, 0) is 11.3 Å². The van der Waals surface area contributed by atoms with Crippen molar-refractivity contribution in [1.82, 2.24) is 9.94 Å². The molecule has 0 amide bonds. The maximum atomic E-state index is 12.2. The molecule has 7 nitrogen and oxygen atoms in total. The highest BCUT2D eigenvalue weighted by Crippen LogP contribution is 2.25. The summed E-state index contributed by atoms with van der Waals surface area (Å²) >= 11 is 0. The van der Waals surface area contributed by atoms with Crippen molar-refractivity contribution in [1.29, 1.82) is 0 Å². The number of methoxy groups -OCH3 is 1. The fourth-order valence-corrected chi connectivity index (χ4v) is 1.90. The van der Waals surface area contributed by atoms with E-state index in [1.807, 2.05) is 0 Å². The number of esters is 1. The van der Waals surface area contributed by atoms with Crippen LogP contribution in [0.2, 0.25) is 0 Å². The molecule has 0 fully saturated rings. The number of aromatic nitrogens is 2. The second kappa shape index (κ2) is 6.84. The van der Waals surface area contributed by atoms with Crippen LogP contribution >= 0.6 is 0 Å². The summed E-state index contributed by atoms with van der Waals surface area (Å²) in [5.74, 6) is 0.304. The van der Waals surface area contributed by atoms with E-state index in [-0.39, 0.29) is 18.6 Å². The number of benzene rings is 1. The lowest BCUT2D eigenvalue weighted by molar-refractivity contribution is 0.0374. The van der Waals surface area contributed by atoms with Crippen molar-refractivity contribution in [3.63, 3.8) is 0 Å². The zero-order chi connectivity index (χ0) is 16.1. The van der Waals surface area contributed by atoms with Crippen LogP contribution in [0.25, 0.3) is 0 Å². The first-order chi connectivity index (χ1) is 10.5. The highest BCUT2D eigenvalue weighted by atomic mass is 16.5. The maximum Gasteiger partial charge on any atom is 0.338 e. The Bertz CT molecular complexity index is 651. The molecule has 0 spiro atoms. The normalized spacial score (nSPS) is 10.5. The van der Waals surface area contributed by atoms with Crippen LogP contribution in [0.15, 0.2) is 30.5 Å². The van der Waals surface area contributed by atoms with Gasteiger partial charge in [0.05, 0.1) is 25.0 Å². The number of carbonyl (C=O) groups excluding carboxylic acids is 1. The van der Waals surface area contributed by atoms with E-state index >= 15 is 0 Å². The van der Waals surface area contributed by atoms with Crippen molar-refractivity contribution in [3.8, 4) is 11.6 Å². The maximum absolute atomic E-state index is 12.2. The smallest absolute Gasteiger partial charge is 0.338 e. The quantitative estimate of drug-likeness (QED) is 0.651. The standard InChI is InChI=1S/C15H18N2O5/c1-10(2)22-15(18)11-5-4-6-13(20-3)12(11)9-21-14-7-8-17(19)16-14/h4-8,10,19H,9H2,1-3H3. The summed E-state index contributed by atoms with van der Waals surface area (Å²) < 4.78 is 16.0. The molecule has 0 aliphatic rings. The van der Waals surface area contributed by atoms with Crippen LogP contribution in [0, 0.1) is 0 Å². The van der Waals surface area contributed by atoms with E-state index in [4.69, 9.17) is 19.4 Å². The molecule has 0 saturated heterocycles. The molecule has 0 radical (unpaired) electrons. The molecule has 7 heteroatoms. The predicted molar refractivity (Wildman–Crippen MR) is 77.3 cm³/mol. The molecule has 1 N–H and O–H groups in total. The minimum absolute atomic E-state index is 0.0591. The van der Waals surface area contributed by atoms with Crippen LogP contribution in [0.4, 0.5) is 0 Å². The molecular weight excluding hydrogens is 288 g/mol. The van der Waals surface area contributed by atoms with Gasteiger partial charge in [-0.15, -0.1) is 4.85 Å². The van der Waals surface area contributed by atoms with Gasteiger partial charge in [-0.25, -0.2) is 4.79 Å². The van der Waals surface area contributed by atoms with Gasteiger partial charge in [0, 0.05) is 11.6 Å². The van der Waals surface area contributed by atoms with Crippen LogP contribution in [0.5, 0.6) is 11.6 Å². The van der Waals surface area contributed by atoms with Crippen LogP contribution in [0.3, 0.4) is 0 Å². The van der Waals surface area contributed by atoms with Crippen LogP contribution in [0.1, 0.15) is 29.8 Å². The van der Waals surface area contributed by atoms with Crippen molar-refractivity contribution in [2.75, 3.05) is 7.11 Å². The third kappa shape index (κ3) is 3.69. The largest absolute Gasteiger partial charge is 0.496 e. The van der Waals surface area contributed by atoms with Crippen LogP contribution < -0.4 is 9.47 Å². The highest BCUT2D eigenvalue weighted by Gasteiger charge is 2.18. The van der Waals surface area contributed by atoms with Gasteiger partial charge in [0.25, 0.3) is 0 Å². The number of hydrogen-bond acceptors (Lipinski definition) is 6. The van der Waals surface area contributed by atoms with E-state index < -0.39 is 5.97 Å². The van der Waals surface area contributed by atoms with Crippen molar-refractivity contribution < 1.29 is 24.2 Å². The van der Waals surface area contributed by atoms with Crippen molar-refractivity contribution in [2.24, 2.45) is 0 Å². The first-order valence-corrected chi connectivity index (χ1v) is 6.76. The second-order valence-electron chi connectivity index (χ2n) is 4.80. The highest BCUT2D eigenvalue weighted by molar-refractivity contribution is 5.92. The third-order valence-corrected chi connectivity index (χ3v) is 2.83. The van der Waals surface area contributed by atoms with Crippen molar-refractivity contribution in [3.05, 3.63) is 41.6 Å². The topological polar surface area (TPSA) is 82.8 Å². The SMILES string of the molecule is COc1cccc(C(=O)OC(C)C)c1COc1ccn(O)n1. The molecule has 0 atom stereocenters. The average Bonchev–Trinajstić information content (AvgIpc) is 2.89. The molecule has 1 aromatic heterocycles. The summed E-state index contributed by atoms with van der Waals surface area (Å²) in [5.41, 5.74) is 0.930. The Morgan fingerprint density at radius 1 is 1.36 bits per heavy atom. The van der Waals surface area contributed by atoms with Crippen molar-refractivity contribution in [2.45, 2.75) is 26.6 Å². The van der Waals surface area contributed by atoms with Gasteiger partial charge in [0.15, 0.2) is 0 Å². The fraction of sp³-hybridized carbons (Fsp3) is 0.333. The molecule has 0 bridgehead atoms. The summed E-state index contributed by atoms with van der Waals surface area (Å²) in [5, 5.41) is 12.8. The summed E-state index contributed by atoms with van der Waals surface area (Å²) in [6.45, 7) is 3.62. The van der Waals surface area contributed by atoms with Gasteiger partial charge in [0.2, 0.25) is 5.88 Å². The fourth-order valence-electron chi connectivity index (χ4n) is 1.90. The van der Waals surface area contributed by atoms with E-state index in [2.05, 4.69) is 5.10 Å². The Kier molecular flexibility index (Phi) is 4.88. The van der Waals surface area contributed by atoms with Gasteiger partial charge in [-0.1, -0.05) is 11.2 Å². The monoisotopic (exact) mass is 306 g/mol. The molecular formula is C15H18N2O5. The number of carbonyl (C=O) groups is 1. The van der Waals surface area contributed by atoms with Gasteiger partial charge in [-0.3, -0.25) is 0 Å². The molecule has 1 aromatic carbocycles. The summed E-state index contributed by atoms with van der Waals surface area (Å²) in [4.78, 5) is 12.8. The lowest BCUT2D eigenvalue weighted by Crippen LogP contribution is -2.15. The molecule has 118 valence electrons. The Balaban J connectivity index is 2.24. The summed E-state index contributed by atoms with van der Waals surface area (Å²) in [6.07, 6.45) is 1.11. The lowest BCUT2D eigenvalue weighted by atomic mass is 10.1. The summed E-state index contributed by atoms with van der Waals surface area (Å²) in [6, 6.07) is 6.59. The first kappa shape index (κ1) is 15.7. The van der Waals surface area contributed by atoms with E-state index in [0.717, 1.165) is 0 Å². The molecule has 0 saturated carbocycles. The van der Waals surface area contributed by atoms with E-state index in [9.17, 15) is 4.79 Å². The minimum Gasteiger partial charge on any atom is -0.496 e. The zero-order valence-corrected chi connectivity index (χ0v) is 12.6. The predicted octanol–water partition coefficient (Wildman–Crippen LogP) is 2.27. The third-order valence-electron chi connectivity index (χ3n) is 2.83. The molecule has 0 aliphatic carbocycles. The summed E-state index contributed by atoms with van der Waals surface area (Å²) in [7, 11) is 1.51. The number of rotatable bonds is 6. The zero-order valence-electron chi connectivity index (χ0n) is 12.6. The lowest BCUT2D eigenvalue weighted by Gasteiger charge is -2.14. The molecule has 2 rings (SSSR count). The molecule has 2 aromatic rings. The molecule has 0 unspecified atom stereocenters. The Labute approximate surface area is 128 Å². The Morgan fingerprint density at radius 2 is 2.14 bits per heavy atom. The number of nitrogens with zero attached hydrogens (tertiary/aromatic N) is 2. The first-order valence-electron chi connectivity index (χ1n) is 6.76. The van der Waals surface area contributed by atoms with Gasteiger partial charge in [-0.2, -0.15) is 0 Å². The van der Waals surface area contributed by atoms with Gasteiger partial charge in [0.1, 0.15) is 12.4 Å². The molecule has 0 aliphatic heterocycles. The second-order valence-corrected chi connectivity index (χ2v) is 4.80. The van der Waals surface area contributed by atoms with E-state index in [1.54, 1.807) is 32.0 Å². The molecule has 22 heavy (non-hydrogen) atoms. The molecule has 1 heterocycles. The number of ether oxygens (including phenoxy) is 3. The number of hydrogen-bond donors (Lipinski definition) is 1. The van der Waals surface area contributed by atoms with Crippen LogP contribution in [-0.4, -0.2) is 34.3 Å². The Morgan fingerprint density at radius 3 is 2.73 bits per heavy atom. The van der Waals surface area contributed by atoms with E-state index in [0.29, 0.717) is 21.7 Å². The van der Waals surface area contributed by atoms with Gasteiger partial charge < -0.3 is 19.4 Å². The van der Waals surface area contributed by atoms with E-state index in [1.165, 1.54) is 19.4 Å². The van der Waals surface area contributed by atoms with Crippen molar-refractivity contribution >= 4 is 5.97 Å². The average molecular weight is 306 g/mol. The minimum atomic E-state index is -0.444. The van der Waals surface area contributed by atoms with Gasteiger partial charge >= 0.3 is 5.97 Å². The van der Waals surface area contributed by atoms with Gasteiger partial charge in [-0.05, 0) is 26.0 Å².